The van der Waals surface area contributed by atoms with Crippen molar-refractivity contribution in [1.82, 2.24) is 15.2 Å². The number of benzene rings is 1. The maximum absolute atomic E-state index is 12.4. The summed E-state index contributed by atoms with van der Waals surface area (Å²) in [7, 11) is 0. The van der Waals surface area contributed by atoms with Gasteiger partial charge in [0.2, 0.25) is 5.91 Å². The predicted octanol–water partition coefficient (Wildman–Crippen LogP) is 2.82. The lowest BCUT2D eigenvalue weighted by molar-refractivity contribution is -0.131. The maximum atomic E-state index is 12.4. The molecule has 0 saturated carbocycles. The van der Waals surface area contributed by atoms with Gasteiger partial charge in [0, 0.05) is 36.9 Å². The lowest BCUT2D eigenvalue weighted by Gasteiger charge is -2.32. The molecule has 1 aromatic heterocycles. The summed E-state index contributed by atoms with van der Waals surface area (Å²) >= 11 is 0. The Kier molecular flexibility index (Phi) is 5.44. The van der Waals surface area contributed by atoms with E-state index in [9.17, 15) is 9.59 Å². The molecule has 0 bridgehead atoms. The van der Waals surface area contributed by atoms with Crippen LogP contribution < -0.4 is 10.6 Å². The fourth-order valence-electron chi connectivity index (χ4n) is 3.20. The predicted molar refractivity (Wildman–Crippen MR) is 105 cm³/mol. The number of carbonyl (C=O) groups is 2. The monoisotopic (exact) mass is 366 g/mol. The van der Waals surface area contributed by atoms with E-state index in [1.165, 1.54) is 0 Å². The molecule has 27 heavy (non-hydrogen) atoms. The van der Waals surface area contributed by atoms with Crippen molar-refractivity contribution >= 4 is 17.5 Å². The zero-order valence-corrected chi connectivity index (χ0v) is 16.0. The van der Waals surface area contributed by atoms with Gasteiger partial charge in [-0.1, -0.05) is 30.3 Å². The van der Waals surface area contributed by atoms with Crippen LogP contribution in [-0.2, 0) is 11.3 Å². The van der Waals surface area contributed by atoms with E-state index in [0.717, 1.165) is 11.3 Å². The van der Waals surface area contributed by atoms with Crippen molar-refractivity contribution in [2.75, 3.05) is 11.9 Å². The van der Waals surface area contributed by atoms with E-state index in [2.05, 4.69) is 15.6 Å². The van der Waals surface area contributed by atoms with Crippen LogP contribution in [0.3, 0.4) is 0 Å². The molecule has 2 aromatic rings. The van der Waals surface area contributed by atoms with Crippen molar-refractivity contribution in [1.29, 1.82) is 0 Å². The summed E-state index contributed by atoms with van der Waals surface area (Å²) in [6.45, 7) is 7.22. The van der Waals surface area contributed by atoms with Crippen LogP contribution in [0.2, 0.25) is 0 Å². The zero-order chi connectivity index (χ0) is 19.4. The highest BCUT2D eigenvalue weighted by Gasteiger charge is 2.36. The minimum atomic E-state index is -0.221. The van der Waals surface area contributed by atoms with Gasteiger partial charge in [-0.3, -0.25) is 14.6 Å². The molecular weight excluding hydrogens is 340 g/mol. The molecule has 3 rings (SSSR count). The van der Waals surface area contributed by atoms with Crippen molar-refractivity contribution in [3.8, 4) is 0 Å². The molecule has 1 aliphatic rings. The highest BCUT2D eigenvalue weighted by molar-refractivity contribution is 5.93. The second-order valence-corrected chi connectivity index (χ2v) is 7.82. The van der Waals surface area contributed by atoms with Gasteiger partial charge in [-0.25, -0.2) is 0 Å². The molecule has 1 fully saturated rings. The first-order valence-corrected chi connectivity index (χ1v) is 9.18. The van der Waals surface area contributed by atoms with Crippen LogP contribution in [0.25, 0.3) is 0 Å². The second kappa shape index (κ2) is 7.78. The Balaban J connectivity index is 1.60. The smallest absolute Gasteiger partial charge is 0.270 e. The number of aromatic nitrogens is 1. The van der Waals surface area contributed by atoms with Crippen LogP contribution in [0.5, 0.6) is 0 Å². The van der Waals surface area contributed by atoms with Crippen LogP contribution >= 0.6 is 0 Å². The van der Waals surface area contributed by atoms with Crippen LogP contribution in [0.4, 0.5) is 5.69 Å². The maximum Gasteiger partial charge on any atom is 0.270 e. The fourth-order valence-corrected chi connectivity index (χ4v) is 3.20. The van der Waals surface area contributed by atoms with Gasteiger partial charge in [0.25, 0.3) is 5.91 Å². The summed E-state index contributed by atoms with van der Waals surface area (Å²) in [5.74, 6) is -0.0730. The molecule has 6 heteroatoms. The van der Waals surface area contributed by atoms with E-state index in [1.54, 1.807) is 12.3 Å². The molecule has 142 valence electrons. The molecular formula is C21H26N4O2. The minimum Gasteiger partial charge on any atom is -0.380 e. The second-order valence-electron chi connectivity index (χ2n) is 7.82. The van der Waals surface area contributed by atoms with Crippen LogP contribution in [0, 0.1) is 0 Å². The van der Waals surface area contributed by atoms with E-state index in [-0.39, 0.29) is 23.4 Å². The number of pyridine rings is 1. The Labute approximate surface area is 160 Å². The van der Waals surface area contributed by atoms with E-state index in [0.29, 0.717) is 25.2 Å². The van der Waals surface area contributed by atoms with Crippen molar-refractivity contribution in [2.45, 2.75) is 45.3 Å². The number of hydrogen-bond donors (Lipinski definition) is 2. The van der Waals surface area contributed by atoms with Gasteiger partial charge in [-0.15, -0.1) is 0 Å². The van der Waals surface area contributed by atoms with Gasteiger partial charge in [0.15, 0.2) is 0 Å². The summed E-state index contributed by atoms with van der Waals surface area (Å²) in [4.78, 5) is 30.7. The molecule has 1 atom stereocenters. The molecule has 1 saturated heterocycles. The Hall–Kier alpha value is -2.89. The highest BCUT2D eigenvalue weighted by atomic mass is 16.2. The van der Waals surface area contributed by atoms with Gasteiger partial charge in [0.05, 0.1) is 6.04 Å². The molecule has 2 amide bonds. The average Bonchev–Trinajstić information content (AvgIpc) is 3.01. The lowest BCUT2D eigenvalue weighted by Crippen LogP contribution is -2.43. The van der Waals surface area contributed by atoms with Crippen LogP contribution in [-0.4, -0.2) is 39.8 Å². The Morgan fingerprint density at radius 1 is 1.22 bits per heavy atom. The average molecular weight is 366 g/mol. The van der Waals surface area contributed by atoms with Gasteiger partial charge >= 0.3 is 0 Å². The standard InChI is InChI=1S/C21H26N4O2/c1-21(2,3)25-14-17(12-19(25)26)24-16-9-10-22-18(11-16)20(27)23-13-15-7-5-4-6-8-15/h4-11,17H,12-14H2,1-3H3,(H,22,24)(H,23,27). The van der Waals surface area contributed by atoms with Gasteiger partial charge in [-0.2, -0.15) is 0 Å². The van der Waals surface area contributed by atoms with E-state index in [4.69, 9.17) is 0 Å². The molecule has 0 aliphatic carbocycles. The summed E-state index contributed by atoms with van der Waals surface area (Å²) < 4.78 is 0. The molecule has 1 unspecified atom stereocenters. The molecule has 2 heterocycles. The molecule has 1 aliphatic heterocycles. The summed E-state index contributed by atoms with van der Waals surface area (Å²) in [6, 6.07) is 13.3. The first-order chi connectivity index (χ1) is 12.8. The van der Waals surface area contributed by atoms with Crippen LogP contribution in [0.1, 0.15) is 43.2 Å². The number of likely N-dealkylation sites (tertiary alicyclic amines) is 1. The van der Waals surface area contributed by atoms with Gasteiger partial charge < -0.3 is 15.5 Å². The minimum absolute atomic E-state index is 0.0272. The van der Waals surface area contributed by atoms with E-state index >= 15 is 0 Å². The largest absolute Gasteiger partial charge is 0.380 e. The topological polar surface area (TPSA) is 74.3 Å². The number of nitrogens with zero attached hydrogens (tertiary/aromatic N) is 2. The van der Waals surface area contributed by atoms with Gasteiger partial charge in [0.1, 0.15) is 5.69 Å². The third-order valence-corrected chi connectivity index (χ3v) is 4.59. The number of nitrogens with one attached hydrogen (secondary N) is 2. The number of hydrogen-bond acceptors (Lipinski definition) is 4. The number of carbonyl (C=O) groups excluding carboxylic acids is 2. The summed E-state index contributed by atoms with van der Waals surface area (Å²) in [6.07, 6.45) is 2.06. The van der Waals surface area contributed by atoms with Crippen molar-refractivity contribution in [3.63, 3.8) is 0 Å². The molecule has 0 radical (unpaired) electrons. The fraction of sp³-hybridized carbons (Fsp3) is 0.381. The molecule has 2 N–H and O–H groups in total. The Morgan fingerprint density at radius 3 is 2.63 bits per heavy atom. The number of anilines is 1. The van der Waals surface area contributed by atoms with Crippen molar-refractivity contribution in [2.24, 2.45) is 0 Å². The van der Waals surface area contributed by atoms with E-state index in [1.807, 2.05) is 62.1 Å². The molecule has 6 nitrogen and oxygen atoms in total. The molecule has 0 spiro atoms. The number of rotatable bonds is 5. The normalized spacial score (nSPS) is 17.1. The first-order valence-electron chi connectivity index (χ1n) is 9.18. The van der Waals surface area contributed by atoms with Crippen molar-refractivity contribution < 1.29 is 9.59 Å². The van der Waals surface area contributed by atoms with Gasteiger partial charge in [-0.05, 0) is 38.5 Å². The van der Waals surface area contributed by atoms with Crippen molar-refractivity contribution in [3.05, 3.63) is 59.9 Å². The zero-order valence-electron chi connectivity index (χ0n) is 16.0. The first kappa shape index (κ1) is 18.9. The third-order valence-electron chi connectivity index (χ3n) is 4.59. The Morgan fingerprint density at radius 2 is 1.96 bits per heavy atom. The Bertz CT molecular complexity index is 814. The molecule has 1 aromatic carbocycles. The van der Waals surface area contributed by atoms with E-state index < -0.39 is 0 Å². The third kappa shape index (κ3) is 4.84. The summed E-state index contributed by atoms with van der Waals surface area (Å²) in [5.41, 5.74) is 2.00. The SMILES string of the molecule is CC(C)(C)N1CC(Nc2ccnc(C(=O)NCc3ccccc3)c2)CC1=O. The lowest BCUT2D eigenvalue weighted by atomic mass is 10.1. The number of amides is 2. The van der Waals surface area contributed by atoms with Crippen LogP contribution in [0.15, 0.2) is 48.7 Å². The quantitative estimate of drug-likeness (QED) is 0.853. The highest BCUT2D eigenvalue weighted by Crippen LogP contribution is 2.24. The summed E-state index contributed by atoms with van der Waals surface area (Å²) in [5, 5.41) is 6.24.